The molecule has 7 aromatic rings. The van der Waals surface area contributed by atoms with Gasteiger partial charge in [-0.25, -0.2) is 4.57 Å². The van der Waals surface area contributed by atoms with Crippen molar-refractivity contribution in [2.45, 2.75) is 13.8 Å². The van der Waals surface area contributed by atoms with E-state index in [2.05, 4.69) is 78.7 Å². The van der Waals surface area contributed by atoms with Gasteiger partial charge in [0.1, 0.15) is 18.5 Å². The van der Waals surface area contributed by atoms with Crippen LogP contribution in [0.5, 0.6) is 11.5 Å². The van der Waals surface area contributed by atoms with Crippen molar-refractivity contribution >= 4 is 43.4 Å². The molecule has 0 unspecified atom stereocenters. The number of para-hydroxylation sites is 2. The summed E-state index contributed by atoms with van der Waals surface area (Å²) in [6.07, 6.45) is 2.11. The molecule has 0 bridgehead atoms. The summed E-state index contributed by atoms with van der Waals surface area (Å²) in [5.74, 6) is 1.68. The summed E-state index contributed by atoms with van der Waals surface area (Å²) >= 11 is 0. The molecule has 2 aromatic heterocycles. The average molecular weight is 480 g/mol. The fourth-order valence-corrected chi connectivity index (χ4v) is 6.27. The Morgan fingerprint density at radius 3 is 2.08 bits per heavy atom. The van der Waals surface area contributed by atoms with Gasteiger partial charge in [-0.3, -0.25) is 0 Å². The molecule has 5 aromatic carbocycles. The second kappa shape index (κ2) is 7.21. The molecule has 37 heavy (non-hydrogen) atoms. The van der Waals surface area contributed by atoms with Gasteiger partial charge in [-0.2, -0.15) is 0 Å². The van der Waals surface area contributed by atoms with Crippen LogP contribution in [-0.4, -0.2) is 4.57 Å². The molecule has 0 amide bonds. The molecule has 0 radical (unpaired) electrons. The lowest BCUT2D eigenvalue weighted by atomic mass is 9.89. The van der Waals surface area contributed by atoms with Crippen LogP contribution in [-0.2, 0) is 7.05 Å². The van der Waals surface area contributed by atoms with Crippen molar-refractivity contribution in [2.24, 2.45) is 7.05 Å². The van der Waals surface area contributed by atoms with Gasteiger partial charge in [-0.05, 0) is 48.3 Å². The van der Waals surface area contributed by atoms with Crippen LogP contribution in [0.25, 0.3) is 60.3 Å². The normalized spacial score (nSPS) is 13.2. The quantitative estimate of drug-likeness (QED) is 0.217. The van der Waals surface area contributed by atoms with E-state index in [4.69, 9.17) is 7.48 Å². The number of pyridine rings is 1. The van der Waals surface area contributed by atoms with E-state index < -0.39 is 0 Å². The third-order valence-corrected chi connectivity index (χ3v) is 7.98. The summed E-state index contributed by atoms with van der Waals surface area (Å²) in [5, 5.41) is 6.53. The van der Waals surface area contributed by atoms with E-state index in [1.54, 1.807) is 0 Å². The zero-order valence-electron chi connectivity index (χ0n) is 22.9. The van der Waals surface area contributed by atoms with Gasteiger partial charge in [0.15, 0.2) is 6.20 Å². The van der Waals surface area contributed by atoms with Crippen LogP contribution in [0, 0.1) is 13.8 Å². The lowest BCUT2D eigenvalue weighted by Crippen LogP contribution is -2.32. The predicted octanol–water partition coefficient (Wildman–Crippen LogP) is 8.30. The Kier molecular flexibility index (Phi) is 3.62. The van der Waals surface area contributed by atoms with E-state index in [0.29, 0.717) is 12.1 Å². The number of fused-ring (bicyclic) bond motifs is 6. The van der Waals surface area contributed by atoms with Gasteiger partial charge in [-0.1, -0.05) is 60.7 Å². The van der Waals surface area contributed by atoms with E-state index in [1.165, 1.54) is 16.3 Å². The molecular formula is C34H25N2O+. The van der Waals surface area contributed by atoms with Crippen LogP contribution in [0.4, 0.5) is 0 Å². The average Bonchev–Trinajstić information content (AvgIpc) is 3.30. The predicted molar refractivity (Wildman–Crippen MR) is 152 cm³/mol. The molecule has 0 atom stereocenters. The largest absolute Gasteiger partial charge is 0.455 e. The first-order valence-electron chi connectivity index (χ1n) is 13.6. The van der Waals surface area contributed by atoms with E-state index in [9.17, 15) is 0 Å². The van der Waals surface area contributed by atoms with Crippen LogP contribution in [0.2, 0.25) is 0 Å². The minimum atomic E-state index is 0.432. The second-order valence-corrected chi connectivity index (χ2v) is 9.99. The molecule has 0 spiro atoms. The standard InChI is InChI=1S/C34H25N2O/c1-20-24-10-4-5-11-25(24)21(2)34-31(20)33-32-22(16-17-35(33)3)18-23(19-30(32)37-34)36-28-14-8-6-12-26(28)27-13-7-9-15-29(27)36/h4-19H,1-3H3/q+1/i14D,15D. The molecule has 0 aliphatic carbocycles. The molecule has 1 aliphatic rings. The topological polar surface area (TPSA) is 18.0 Å². The first-order valence-corrected chi connectivity index (χ1v) is 12.6. The third-order valence-electron chi connectivity index (χ3n) is 7.98. The van der Waals surface area contributed by atoms with Gasteiger partial charge < -0.3 is 9.30 Å². The summed E-state index contributed by atoms with van der Waals surface area (Å²) in [5.41, 5.74) is 7.10. The zero-order valence-corrected chi connectivity index (χ0v) is 20.9. The zero-order chi connectivity index (χ0) is 26.6. The molecular weight excluding hydrogens is 452 g/mol. The van der Waals surface area contributed by atoms with E-state index in [-0.39, 0.29) is 0 Å². The third kappa shape index (κ3) is 2.63. The van der Waals surface area contributed by atoms with Crippen LogP contribution in [0.15, 0.2) is 97.1 Å². The summed E-state index contributed by atoms with van der Waals surface area (Å²) in [6.45, 7) is 4.33. The van der Waals surface area contributed by atoms with Crippen molar-refractivity contribution in [3.05, 3.63) is 108 Å². The van der Waals surface area contributed by atoms with Crippen LogP contribution in [0.1, 0.15) is 13.9 Å². The second-order valence-electron chi connectivity index (χ2n) is 9.99. The minimum Gasteiger partial charge on any atom is -0.455 e. The van der Waals surface area contributed by atoms with Crippen LogP contribution >= 0.6 is 0 Å². The Labute approximate surface area is 217 Å². The summed E-state index contributed by atoms with van der Waals surface area (Å²) in [6, 6.07) is 27.3. The molecule has 0 N–H and O–H groups in total. The number of aryl methyl sites for hydroxylation is 3. The lowest BCUT2D eigenvalue weighted by molar-refractivity contribution is -0.659. The fraction of sp³-hybridized carbons (Fsp3) is 0.0882. The maximum atomic E-state index is 8.80. The van der Waals surface area contributed by atoms with Gasteiger partial charge in [0.05, 0.1) is 30.4 Å². The van der Waals surface area contributed by atoms with Gasteiger partial charge in [0, 0.05) is 33.9 Å². The maximum absolute atomic E-state index is 8.80. The van der Waals surface area contributed by atoms with E-state index in [1.807, 2.05) is 36.4 Å². The van der Waals surface area contributed by atoms with Gasteiger partial charge in [0.25, 0.3) is 0 Å². The van der Waals surface area contributed by atoms with Crippen LogP contribution < -0.4 is 9.30 Å². The Balaban J connectivity index is 1.51. The maximum Gasteiger partial charge on any atom is 0.228 e. The highest BCUT2D eigenvalue weighted by atomic mass is 16.5. The monoisotopic (exact) mass is 479 g/mol. The number of rotatable bonds is 1. The first kappa shape index (κ1) is 18.6. The van der Waals surface area contributed by atoms with E-state index in [0.717, 1.165) is 66.6 Å². The number of hydrogen-bond donors (Lipinski definition) is 0. The summed E-state index contributed by atoms with van der Waals surface area (Å²) in [7, 11) is 2.09. The van der Waals surface area contributed by atoms with Crippen molar-refractivity contribution in [3.8, 4) is 28.4 Å². The highest BCUT2D eigenvalue weighted by molar-refractivity contribution is 6.11. The Morgan fingerprint density at radius 2 is 1.38 bits per heavy atom. The SMILES string of the molecule is [2H]c1cccc2c3cccc([2H])c3n(-c3cc4c5c([n+](C)ccc5c3)-c3c(c(C)c5ccccc5c3C)O4)c12. The van der Waals surface area contributed by atoms with Gasteiger partial charge in [0.2, 0.25) is 5.69 Å². The number of nitrogens with zero attached hydrogens (tertiary/aromatic N) is 2. The van der Waals surface area contributed by atoms with Crippen LogP contribution in [0.3, 0.4) is 0 Å². The molecule has 0 saturated heterocycles. The first-order chi connectivity index (χ1) is 18.9. The molecule has 176 valence electrons. The van der Waals surface area contributed by atoms with Crippen molar-refractivity contribution in [3.63, 3.8) is 0 Å². The molecule has 0 saturated carbocycles. The number of ether oxygens (including phenoxy) is 1. The highest BCUT2D eigenvalue weighted by Crippen LogP contribution is 2.51. The highest BCUT2D eigenvalue weighted by Gasteiger charge is 2.32. The van der Waals surface area contributed by atoms with Crippen molar-refractivity contribution in [1.29, 1.82) is 0 Å². The molecule has 3 heteroatoms. The number of aromatic nitrogens is 2. The van der Waals surface area contributed by atoms with Crippen molar-refractivity contribution in [1.82, 2.24) is 4.57 Å². The van der Waals surface area contributed by atoms with Crippen molar-refractivity contribution < 1.29 is 12.0 Å². The Hall–Kier alpha value is -4.63. The number of benzene rings is 5. The Bertz CT molecular complexity index is 2150. The smallest absolute Gasteiger partial charge is 0.228 e. The van der Waals surface area contributed by atoms with Crippen molar-refractivity contribution in [2.75, 3.05) is 0 Å². The molecule has 3 nitrogen and oxygen atoms in total. The fourth-order valence-electron chi connectivity index (χ4n) is 6.27. The Morgan fingerprint density at radius 1 is 0.757 bits per heavy atom. The molecule has 3 heterocycles. The molecule has 1 aliphatic heterocycles. The van der Waals surface area contributed by atoms with Gasteiger partial charge in [-0.15, -0.1) is 0 Å². The summed E-state index contributed by atoms with van der Waals surface area (Å²) < 4.78 is 28.7. The van der Waals surface area contributed by atoms with Gasteiger partial charge >= 0.3 is 0 Å². The van der Waals surface area contributed by atoms with E-state index >= 15 is 0 Å². The number of hydrogen-bond acceptors (Lipinski definition) is 1. The lowest BCUT2D eigenvalue weighted by Gasteiger charge is -2.24. The molecule has 0 fully saturated rings. The molecule has 8 rings (SSSR count). The summed E-state index contributed by atoms with van der Waals surface area (Å²) in [4.78, 5) is 0. The minimum absolute atomic E-state index is 0.432.